The maximum atomic E-state index is 12.3. The van der Waals surface area contributed by atoms with Gasteiger partial charge in [0.25, 0.3) is 0 Å². The van der Waals surface area contributed by atoms with Gasteiger partial charge in [0.2, 0.25) is 0 Å². The number of hydrogen-bond donors (Lipinski definition) is 2. The standard InChI is InChI=1S/C12H18N4O3S2/c1-2-21(18,19)10-8-20-7-6-16(10)9-4-3-5-14-11(9)12(13)15-17/h3-5,10,17H,2,6-8H2,1H3,(H2,13,15). The quantitative estimate of drug-likeness (QED) is 0.358. The summed E-state index contributed by atoms with van der Waals surface area (Å²) in [6, 6.07) is 3.45. The minimum absolute atomic E-state index is 0.0773. The maximum Gasteiger partial charge on any atom is 0.190 e. The van der Waals surface area contributed by atoms with Crippen molar-refractivity contribution in [3.05, 3.63) is 24.0 Å². The van der Waals surface area contributed by atoms with Crippen molar-refractivity contribution in [3.63, 3.8) is 0 Å². The predicted octanol–water partition coefficient (Wildman–Crippen LogP) is 0.490. The van der Waals surface area contributed by atoms with E-state index in [1.165, 1.54) is 6.20 Å². The Balaban J connectivity index is 2.48. The van der Waals surface area contributed by atoms with Crippen LogP contribution in [0.5, 0.6) is 0 Å². The Kier molecular flexibility index (Phi) is 4.94. The Morgan fingerprint density at radius 1 is 1.67 bits per heavy atom. The number of nitrogens with zero attached hydrogens (tertiary/aromatic N) is 3. The van der Waals surface area contributed by atoms with E-state index < -0.39 is 15.2 Å². The van der Waals surface area contributed by atoms with E-state index in [-0.39, 0.29) is 11.6 Å². The molecule has 116 valence electrons. The number of rotatable bonds is 4. The molecular formula is C12H18N4O3S2. The summed E-state index contributed by atoms with van der Waals surface area (Å²) in [5, 5.41) is 11.2. The Morgan fingerprint density at radius 3 is 3.10 bits per heavy atom. The van der Waals surface area contributed by atoms with Crippen LogP contribution in [0, 0.1) is 0 Å². The van der Waals surface area contributed by atoms with Crippen LogP contribution in [-0.2, 0) is 9.84 Å². The van der Waals surface area contributed by atoms with Gasteiger partial charge in [0.15, 0.2) is 15.7 Å². The Labute approximate surface area is 128 Å². The second kappa shape index (κ2) is 6.52. The third kappa shape index (κ3) is 3.24. The zero-order chi connectivity index (χ0) is 15.5. The van der Waals surface area contributed by atoms with Crippen molar-refractivity contribution in [2.75, 3.05) is 28.7 Å². The van der Waals surface area contributed by atoms with Crippen molar-refractivity contribution in [1.82, 2.24) is 4.98 Å². The fourth-order valence-electron chi connectivity index (χ4n) is 2.22. The predicted molar refractivity (Wildman–Crippen MR) is 84.7 cm³/mol. The summed E-state index contributed by atoms with van der Waals surface area (Å²) in [5.74, 6) is 1.27. The van der Waals surface area contributed by atoms with Gasteiger partial charge in [-0.3, -0.25) is 4.98 Å². The van der Waals surface area contributed by atoms with E-state index in [1.54, 1.807) is 35.7 Å². The Bertz CT molecular complexity index is 633. The fourth-order valence-corrected chi connectivity index (χ4v) is 5.20. The molecule has 7 nitrogen and oxygen atoms in total. The summed E-state index contributed by atoms with van der Waals surface area (Å²) in [5.41, 5.74) is 6.52. The highest BCUT2D eigenvalue weighted by molar-refractivity contribution is 8.01. The summed E-state index contributed by atoms with van der Waals surface area (Å²) in [4.78, 5) is 5.90. The minimum Gasteiger partial charge on any atom is -0.409 e. The van der Waals surface area contributed by atoms with Gasteiger partial charge in [0.1, 0.15) is 11.1 Å². The van der Waals surface area contributed by atoms with Gasteiger partial charge >= 0.3 is 0 Å². The number of hydrogen-bond acceptors (Lipinski definition) is 7. The molecule has 2 rings (SSSR count). The molecule has 0 aliphatic carbocycles. The fraction of sp³-hybridized carbons (Fsp3) is 0.500. The number of oxime groups is 1. The summed E-state index contributed by atoms with van der Waals surface area (Å²) < 4.78 is 24.6. The average molecular weight is 330 g/mol. The zero-order valence-corrected chi connectivity index (χ0v) is 13.3. The molecule has 0 spiro atoms. The lowest BCUT2D eigenvalue weighted by Gasteiger charge is -2.37. The lowest BCUT2D eigenvalue weighted by atomic mass is 10.2. The summed E-state index contributed by atoms with van der Waals surface area (Å²) in [7, 11) is -3.23. The van der Waals surface area contributed by atoms with E-state index in [0.29, 0.717) is 23.7 Å². The molecule has 1 saturated heterocycles. The van der Waals surface area contributed by atoms with E-state index in [0.717, 1.165) is 5.75 Å². The van der Waals surface area contributed by atoms with E-state index >= 15 is 0 Å². The lowest BCUT2D eigenvalue weighted by molar-refractivity contribution is 0.318. The molecule has 1 atom stereocenters. The van der Waals surface area contributed by atoms with Gasteiger partial charge in [-0.15, -0.1) is 0 Å². The van der Waals surface area contributed by atoms with Gasteiger partial charge in [-0.05, 0) is 12.1 Å². The molecule has 0 bridgehead atoms. The summed E-state index contributed by atoms with van der Waals surface area (Å²) in [6.07, 6.45) is 1.53. The Hall–Kier alpha value is -1.48. The van der Waals surface area contributed by atoms with E-state index in [9.17, 15) is 8.42 Å². The van der Waals surface area contributed by atoms with Crippen LogP contribution in [0.3, 0.4) is 0 Å². The molecule has 0 saturated carbocycles. The highest BCUT2D eigenvalue weighted by Crippen LogP contribution is 2.29. The van der Waals surface area contributed by atoms with Gasteiger partial charge in [-0.2, -0.15) is 11.8 Å². The van der Waals surface area contributed by atoms with Gasteiger partial charge in [-0.25, -0.2) is 8.42 Å². The van der Waals surface area contributed by atoms with Crippen LogP contribution in [0.25, 0.3) is 0 Å². The second-order valence-corrected chi connectivity index (χ2v) is 8.13. The van der Waals surface area contributed by atoms with Crippen molar-refractivity contribution in [1.29, 1.82) is 0 Å². The first-order valence-electron chi connectivity index (χ1n) is 6.50. The van der Waals surface area contributed by atoms with Crippen molar-refractivity contribution in [2.45, 2.75) is 12.3 Å². The largest absolute Gasteiger partial charge is 0.409 e. The third-order valence-corrected chi connectivity index (χ3v) is 6.64. The van der Waals surface area contributed by atoms with E-state index in [2.05, 4.69) is 10.1 Å². The average Bonchev–Trinajstić information content (AvgIpc) is 2.54. The Morgan fingerprint density at radius 2 is 2.43 bits per heavy atom. The SMILES string of the molecule is CCS(=O)(=O)C1CSCCN1c1cccnc1/C(N)=N/O. The molecule has 1 fully saturated rings. The molecule has 1 aliphatic rings. The van der Waals surface area contributed by atoms with Crippen molar-refractivity contribution in [3.8, 4) is 0 Å². The number of pyridine rings is 1. The van der Waals surface area contributed by atoms with Crippen molar-refractivity contribution in [2.24, 2.45) is 10.9 Å². The zero-order valence-electron chi connectivity index (χ0n) is 11.6. The molecule has 1 unspecified atom stereocenters. The maximum absolute atomic E-state index is 12.3. The number of aromatic nitrogens is 1. The van der Waals surface area contributed by atoms with Crippen LogP contribution < -0.4 is 10.6 Å². The normalized spacial score (nSPS) is 20.5. The molecule has 0 amide bonds. The molecule has 1 aromatic heterocycles. The first-order chi connectivity index (χ1) is 10.0. The first kappa shape index (κ1) is 15.9. The van der Waals surface area contributed by atoms with Gasteiger partial charge < -0.3 is 15.8 Å². The monoisotopic (exact) mass is 330 g/mol. The minimum atomic E-state index is -3.23. The number of thioether (sulfide) groups is 1. The number of amidine groups is 1. The van der Waals surface area contributed by atoms with Crippen LogP contribution >= 0.6 is 11.8 Å². The highest BCUT2D eigenvalue weighted by atomic mass is 32.2. The molecule has 3 N–H and O–H groups in total. The highest BCUT2D eigenvalue weighted by Gasteiger charge is 2.34. The second-order valence-electron chi connectivity index (χ2n) is 4.53. The van der Waals surface area contributed by atoms with Crippen molar-refractivity contribution >= 4 is 33.1 Å². The van der Waals surface area contributed by atoms with E-state index in [4.69, 9.17) is 10.9 Å². The summed E-state index contributed by atoms with van der Waals surface area (Å²) in [6.45, 7) is 2.21. The van der Waals surface area contributed by atoms with Crippen LogP contribution in [0.1, 0.15) is 12.6 Å². The molecule has 1 aromatic rings. The molecule has 0 radical (unpaired) electrons. The number of sulfone groups is 1. The molecule has 21 heavy (non-hydrogen) atoms. The lowest BCUT2D eigenvalue weighted by Crippen LogP contribution is -2.48. The topological polar surface area (TPSA) is 109 Å². The van der Waals surface area contributed by atoms with Gasteiger partial charge in [0, 0.05) is 30.0 Å². The molecule has 9 heteroatoms. The molecule has 2 heterocycles. The molecule has 0 aromatic carbocycles. The van der Waals surface area contributed by atoms with Crippen LogP contribution in [-0.4, -0.2) is 53.6 Å². The summed E-state index contributed by atoms with van der Waals surface area (Å²) >= 11 is 1.61. The van der Waals surface area contributed by atoms with E-state index in [1.807, 2.05) is 0 Å². The van der Waals surface area contributed by atoms with Gasteiger partial charge in [-0.1, -0.05) is 12.1 Å². The third-order valence-electron chi connectivity index (χ3n) is 3.35. The number of anilines is 1. The van der Waals surface area contributed by atoms with Crippen LogP contribution in [0.4, 0.5) is 5.69 Å². The van der Waals surface area contributed by atoms with Crippen molar-refractivity contribution < 1.29 is 13.6 Å². The van der Waals surface area contributed by atoms with Crippen LogP contribution in [0.15, 0.2) is 23.5 Å². The molecule has 1 aliphatic heterocycles. The van der Waals surface area contributed by atoms with Crippen LogP contribution in [0.2, 0.25) is 0 Å². The first-order valence-corrected chi connectivity index (χ1v) is 9.37. The molecular weight excluding hydrogens is 312 g/mol. The van der Waals surface area contributed by atoms with Gasteiger partial charge in [0.05, 0.1) is 5.69 Å². The smallest absolute Gasteiger partial charge is 0.190 e. The number of nitrogens with two attached hydrogens (primary N) is 1.